The summed E-state index contributed by atoms with van der Waals surface area (Å²) in [6.07, 6.45) is 3.18. The highest BCUT2D eigenvalue weighted by Gasteiger charge is 2.48. The molecule has 2 fully saturated rings. The normalized spacial score (nSPS) is 24.4. The van der Waals surface area contributed by atoms with Crippen LogP contribution in [0.1, 0.15) is 26.2 Å². The Morgan fingerprint density at radius 2 is 1.56 bits per heavy atom. The Morgan fingerprint density at radius 1 is 0.912 bits per heavy atom. The minimum atomic E-state index is -0.655. The van der Waals surface area contributed by atoms with E-state index in [9.17, 15) is 23.6 Å². The molecular formula is C26H23FN2O5. The first-order valence-corrected chi connectivity index (χ1v) is 11.2. The summed E-state index contributed by atoms with van der Waals surface area (Å²) in [6.45, 7) is 2.12. The van der Waals surface area contributed by atoms with Gasteiger partial charge in [0.2, 0.25) is 17.7 Å². The predicted molar refractivity (Wildman–Crippen MR) is 121 cm³/mol. The van der Waals surface area contributed by atoms with Gasteiger partial charge in [-0.15, -0.1) is 0 Å². The first kappa shape index (κ1) is 22.0. The molecule has 0 aromatic heterocycles. The van der Waals surface area contributed by atoms with Crippen molar-refractivity contribution in [3.63, 3.8) is 0 Å². The van der Waals surface area contributed by atoms with Crippen LogP contribution in [-0.2, 0) is 19.2 Å². The van der Waals surface area contributed by atoms with Crippen LogP contribution in [0.3, 0.4) is 0 Å². The first-order chi connectivity index (χ1) is 16.3. The molecule has 5 rings (SSSR count). The quantitative estimate of drug-likeness (QED) is 0.300. The molecule has 0 unspecified atom stereocenters. The third-order valence-electron chi connectivity index (χ3n) is 6.73. The number of ether oxygens (including phenoxy) is 1. The van der Waals surface area contributed by atoms with E-state index in [1.807, 2.05) is 13.0 Å². The number of imide groups is 1. The number of carbonyl (C=O) groups is 4. The fourth-order valence-electron chi connectivity index (χ4n) is 4.89. The molecule has 34 heavy (non-hydrogen) atoms. The van der Waals surface area contributed by atoms with Gasteiger partial charge in [-0.25, -0.2) is 4.39 Å². The summed E-state index contributed by atoms with van der Waals surface area (Å²) in [5, 5.41) is 0. The van der Waals surface area contributed by atoms with E-state index in [0.717, 1.165) is 5.57 Å². The lowest BCUT2D eigenvalue weighted by Gasteiger charge is -2.18. The van der Waals surface area contributed by atoms with E-state index in [2.05, 4.69) is 0 Å². The Balaban J connectivity index is 1.24. The fourth-order valence-corrected chi connectivity index (χ4v) is 4.89. The highest BCUT2D eigenvalue weighted by atomic mass is 19.1. The van der Waals surface area contributed by atoms with Crippen molar-refractivity contribution >= 4 is 35.1 Å². The molecule has 2 aromatic carbocycles. The molecule has 3 atom stereocenters. The number of carbonyl (C=O) groups excluding carboxylic acids is 4. The zero-order valence-corrected chi connectivity index (χ0v) is 18.6. The van der Waals surface area contributed by atoms with Crippen molar-refractivity contribution in [2.45, 2.75) is 26.2 Å². The number of anilines is 2. The molecule has 8 heteroatoms. The summed E-state index contributed by atoms with van der Waals surface area (Å²) in [4.78, 5) is 53.4. The number of nitrogens with zero attached hydrogens (tertiary/aromatic N) is 2. The molecule has 2 aromatic rings. The van der Waals surface area contributed by atoms with Gasteiger partial charge in [0.05, 0.1) is 23.4 Å². The van der Waals surface area contributed by atoms with Gasteiger partial charge in [-0.2, -0.15) is 0 Å². The monoisotopic (exact) mass is 462 g/mol. The molecule has 2 saturated heterocycles. The standard InChI is InChI=1S/C26H23FN2O5/c1-15-2-11-21-22(12-15)25(32)29(24(21)31)19-7-9-20(10-8-19)34-26(33)16-13-23(30)28(14-16)18-5-3-17(27)4-6-18/h2-10,16,21-22H,11-14H2,1H3/t16-,21+,22+/m1/s1. The Morgan fingerprint density at radius 3 is 2.26 bits per heavy atom. The summed E-state index contributed by atoms with van der Waals surface area (Å²) >= 11 is 0. The second-order valence-corrected chi connectivity index (χ2v) is 9.01. The summed E-state index contributed by atoms with van der Waals surface area (Å²) in [5.41, 5.74) is 2.09. The molecule has 3 aliphatic rings. The van der Waals surface area contributed by atoms with Crippen molar-refractivity contribution in [3.05, 3.63) is 66.0 Å². The number of fused-ring (bicyclic) bond motifs is 1. The van der Waals surface area contributed by atoms with Crippen molar-refractivity contribution in [3.8, 4) is 5.75 Å². The summed E-state index contributed by atoms with van der Waals surface area (Å²) < 4.78 is 18.6. The number of esters is 1. The Bertz CT molecular complexity index is 1200. The van der Waals surface area contributed by atoms with E-state index in [4.69, 9.17) is 4.74 Å². The van der Waals surface area contributed by atoms with Gasteiger partial charge < -0.3 is 9.64 Å². The molecule has 2 heterocycles. The third-order valence-corrected chi connectivity index (χ3v) is 6.73. The van der Waals surface area contributed by atoms with Gasteiger partial charge >= 0.3 is 5.97 Å². The smallest absolute Gasteiger partial charge is 0.316 e. The minimum absolute atomic E-state index is 0.00129. The molecule has 1 aliphatic carbocycles. The molecule has 7 nitrogen and oxygen atoms in total. The molecule has 0 saturated carbocycles. The minimum Gasteiger partial charge on any atom is -0.426 e. The number of rotatable bonds is 4. The van der Waals surface area contributed by atoms with Crippen molar-refractivity contribution < 1.29 is 28.3 Å². The van der Waals surface area contributed by atoms with Gasteiger partial charge in [0, 0.05) is 18.7 Å². The van der Waals surface area contributed by atoms with E-state index in [-0.39, 0.29) is 48.3 Å². The van der Waals surface area contributed by atoms with E-state index in [1.54, 1.807) is 12.1 Å². The van der Waals surface area contributed by atoms with Crippen LogP contribution in [0.25, 0.3) is 0 Å². The number of hydrogen-bond donors (Lipinski definition) is 0. The number of hydrogen-bond acceptors (Lipinski definition) is 5. The van der Waals surface area contributed by atoms with Crippen LogP contribution in [-0.4, -0.2) is 30.2 Å². The van der Waals surface area contributed by atoms with E-state index in [1.165, 1.54) is 46.2 Å². The molecule has 0 radical (unpaired) electrons. The Labute approximate surface area is 195 Å². The Hall–Kier alpha value is -3.81. The van der Waals surface area contributed by atoms with Crippen molar-refractivity contribution in [2.75, 3.05) is 16.3 Å². The molecule has 0 bridgehead atoms. The lowest BCUT2D eigenvalue weighted by molar-refractivity contribution is -0.139. The second-order valence-electron chi connectivity index (χ2n) is 9.01. The van der Waals surface area contributed by atoms with Gasteiger partial charge in [-0.1, -0.05) is 11.6 Å². The van der Waals surface area contributed by atoms with Crippen LogP contribution < -0.4 is 14.5 Å². The molecular weight excluding hydrogens is 439 g/mol. The molecule has 3 amide bonds. The van der Waals surface area contributed by atoms with E-state index >= 15 is 0 Å². The fraction of sp³-hybridized carbons (Fsp3) is 0.308. The SMILES string of the molecule is CC1=CC[C@@H]2C(=O)N(c3ccc(OC(=O)[C@@H]4CC(=O)N(c5ccc(F)cc5)C4)cc3)C(=O)[C@H]2C1. The zero-order chi connectivity index (χ0) is 24.0. The maximum atomic E-state index is 13.2. The van der Waals surface area contributed by atoms with Crippen LogP contribution in [0.5, 0.6) is 5.75 Å². The van der Waals surface area contributed by atoms with Gasteiger partial charge in [-0.3, -0.25) is 24.1 Å². The highest BCUT2D eigenvalue weighted by molar-refractivity contribution is 6.22. The third kappa shape index (κ3) is 3.89. The van der Waals surface area contributed by atoms with Gasteiger partial charge in [-0.05, 0) is 68.3 Å². The summed E-state index contributed by atoms with van der Waals surface area (Å²) in [5.74, 6) is -2.62. The van der Waals surface area contributed by atoms with Crippen LogP contribution in [0, 0.1) is 23.6 Å². The predicted octanol–water partition coefficient (Wildman–Crippen LogP) is 3.63. The molecule has 174 valence electrons. The average molecular weight is 462 g/mol. The average Bonchev–Trinajstić information content (AvgIpc) is 3.32. The Kier molecular flexibility index (Phi) is 5.51. The second kappa shape index (κ2) is 8.52. The van der Waals surface area contributed by atoms with Crippen molar-refractivity contribution in [1.82, 2.24) is 0 Å². The van der Waals surface area contributed by atoms with Crippen molar-refractivity contribution in [2.24, 2.45) is 17.8 Å². The van der Waals surface area contributed by atoms with Crippen LogP contribution in [0.15, 0.2) is 60.2 Å². The lowest BCUT2D eigenvalue weighted by atomic mass is 9.82. The number of allylic oxidation sites excluding steroid dienone is 2. The summed E-state index contributed by atoms with van der Waals surface area (Å²) in [6, 6.07) is 11.8. The maximum absolute atomic E-state index is 13.2. The number of benzene rings is 2. The van der Waals surface area contributed by atoms with Crippen LogP contribution in [0.2, 0.25) is 0 Å². The highest BCUT2D eigenvalue weighted by Crippen LogP contribution is 2.40. The van der Waals surface area contributed by atoms with E-state index in [0.29, 0.717) is 24.2 Å². The number of amides is 3. The first-order valence-electron chi connectivity index (χ1n) is 11.2. The van der Waals surface area contributed by atoms with Crippen molar-refractivity contribution in [1.29, 1.82) is 0 Å². The van der Waals surface area contributed by atoms with Gasteiger partial charge in [0.25, 0.3) is 0 Å². The zero-order valence-electron chi connectivity index (χ0n) is 18.6. The topological polar surface area (TPSA) is 84.0 Å². The van der Waals surface area contributed by atoms with Gasteiger partial charge in [0.15, 0.2) is 0 Å². The largest absolute Gasteiger partial charge is 0.426 e. The van der Waals surface area contributed by atoms with Crippen LogP contribution in [0.4, 0.5) is 15.8 Å². The van der Waals surface area contributed by atoms with E-state index < -0.39 is 17.7 Å². The molecule has 2 aliphatic heterocycles. The summed E-state index contributed by atoms with van der Waals surface area (Å²) in [7, 11) is 0. The molecule has 0 spiro atoms. The lowest BCUT2D eigenvalue weighted by Crippen LogP contribution is -2.30. The van der Waals surface area contributed by atoms with Crippen LogP contribution >= 0.6 is 0 Å². The maximum Gasteiger partial charge on any atom is 0.316 e. The molecule has 0 N–H and O–H groups in total. The van der Waals surface area contributed by atoms with Gasteiger partial charge in [0.1, 0.15) is 11.6 Å². The number of halogens is 1.